The SMILES string of the molecule is CCS(=O)(=O)N(C)CCCNC(=NC)NCC(c1ccccc1)N1CCCC1.I. The Labute approximate surface area is 193 Å². The van der Waals surface area contributed by atoms with E-state index in [0.29, 0.717) is 19.1 Å². The predicted molar refractivity (Wildman–Crippen MR) is 131 cm³/mol. The van der Waals surface area contributed by atoms with Crippen LogP contribution in [0.4, 0.5) is 0 Å². The summed E-state index contributed by atoms with van der Waals surface area (Å²) in [5, 5.41) is 6.73. The van der Waals surface area contributed by atoms with Gasteiger partial charge in [-0.05, 0) is 44.8 Å². The van der Waals surface area contributed by atoms with Crippen LogP contribution in [0.5, 0.6) is 0 Å². The summed E-state index contributed by atoms with van der Waals surface area (Å²) in [5.41, 5.74) is 1.32. The first-order valence-electron chi connectivity index (χ1n) is 10.2. The molecule has 1 unspecified atom stereocenters. The van der Waals surface area contributed by atoms with Gasteiger partial charge in [0.1, 0.15) is 0 Å². The van der Waals surface area contributed by atoms with Crippen LogP contribution in [0.25, 0.3) is 0 Å². The largest absolute Gasteiger partial charge is 0.356 e. The van der Waals surface area contributed by atoms with Crippen molar-refractivity contribution >= 4 is 40.0 Å². The van der Waals surface area contributed by atoms with Gasteiger partial charge in [-0.25, -0.2) is 12.7 Å². The summed E-state index contributed by atoms with van der Waals surface area (Å²) in [6.07, 6.45) is 3.24. The highest BCUT2D eigenvalue weighted by molar-refractivity contribution is 14.0. The summed E-state index contributed by atoms with van der Waals surface area (Å²) in [6, 6.07) is 10.9. The van der Waals surface area contributed by atoms with Gasteiger partial charge in [-0.3, -0.25) is 9.89 Å². The van der Waals surface area contributed by atoms with Crippen molar-refractivity contribution in [3.05, 3.63) is 35.9 Å². The van der Waals surface area contributed by atoms with Crippen molar-refractivity contribution in [3.63, 3.8) is 0 Å². The number of halogens is 1. The van der Waals surface area contributed by atoms with Crippen LogP contribution in [0.2, 0.25) is 0 Å². The lowest BCUT2D eigenvalue weighted by atomic mass is 10.1. The minimum absolute atomic E-state index is 0. The van der Waals surface area contributed by atoms with Crippen molar-refractivity contribution in [2.75, 3.05) is 52.6 Å². The van der Waals surface area contributed by atoms with Gasteiger partial charge in [0, 0.05) is 33.7 Å². The molecule has 0 spiro atoms. The predicted octanol–water partition coefficient (Wildman–Crippen LogP) is 2.28. The highest BCUT2D eigenvalue weighted by Crippen LogP contribution is 2.24. The van der Waals surface area contributed by atoms with Gasteiger partial charge in [0.2, 0.25) is 10.0 Å². The summed E-state index contributed by atoms with van der Waals surface area (Å²) in [5.74, 6) is 0.887. The fraction of sp³-hybridized carbons (Fsp3) is 0.650. The molecule has 1 fully saturated rings. The molecular weight excluding hydrogens is 501 g/mol. The average molecular weight is 538 g/mol. The monoisotopic (exact) mass is 537 g/mol. The molecule has 0 saturated carbocycles. The van der Waals surface area contributed by atoms with Crippen molar-refractivity contribution in [3.8, 4) is 0 Å². The highest BCUT2D eigenvalue weighted by Gasteiger charge is 2.23. The van der Waals surface area contributed by atoms with E-state index in [0.717, 1.165) is 32.0 Å². The Kier molecular flexibility index (Phi) is 12.1. The molecule has 9 heteroatoms. The average Bonchev–Trinajstić information content (AvgIpc) is 3.24. The first-order chi connectivity index (χ1) is 13.5. The third-order valence-electron chi connectivity index (χ3n) is 5.23. The van der Waals surface area contributed by atoms with Crippen LogP contribution in [-0.4, -0.2) is 76.2 Å². The Morgan fingerprint density at radius 2 is 1.86 bits per heavy atom. The number of hydrogen-bond acceptors (Lipinski definition) is 4. The van der Waals surface area contributed by atoms with Gasteiger partial charge < -0.3 is 10.6 Å². The Morgan fingerprint density at radius 1 is 1.21 bits per heavy atom. The number of sulfonamides is 1. The molecule has 1 heterocycles. The van der Waals surface area contributed by atoms with Gasteiger partial charge in [-0.2, -0.15) is 0 Å². The zero-order valence-electron chi connectivity index (χ0n) is 17.8. The third kappa shape index (κ3) is 8.39. The summed E-state index contributed by atoms with van der Waals surface area (Å²) in [4.78, 5) is 6.83. The van der Waals surface area contributed by atoms with E-state index < -0.39 is 10.0 Å². The van der Waals surface area contributed by atoms with E-state index in [1.54, 1.807) is 21.0 Å². The van der Waals surface area contributed by atoms with Crippen molar-refractivity contribution in [2.24, 2.45) is 4.99 Å². The lowest BCUT2D eigenvalue weighted by molar-refractivity contribution is 0.245. The van der Waals surface area contributed by atoms with Crippen molar-refractivity contribution in [2.45, 2.75) is 32.2 Å². The molecule has 1 saturated heterocycles. The minimum Gasteiger partial charge on any atom is -0.356 e. The van der Waals surface area contributed by atoms with Crippen molar-refractivity contribution in [1.82, 2.24) is 19.8 Å². The van der Waals surface area contributed by atoms with Crippen LogP contribution in [0.3, 0.4) is 0 Å². The molecule has 2 rings (SSSR count). The number of likely N-dealkylation sites (tertiary alicyclic amines) is 1. The summed E-state index contributed by atoms with van der Waals surface area (Å²) >= 11 is 0. The summed E-state index contributed by atoms with van der Waals surface area (Å²) in [6.45, 7) is 5.88. The Bertz CT molecular complexity index is 709. The number of rotatable bonds is 10. The smallest absolute Gasteiger partial charge is 0.213 e. The molecule has 29 heavy (non-hydrogen) atoms. The lowest BCUT2D eigenvalue weighted by Crippen LogP contribution is -2.43. The Morgan fingerprint density at radius 3 is 2.45 bits per heavy atom. The van der Waals surface area contributed by atoms with E-state index in [1.807, 2.05) is 6.07 Å². The van der Waals surface area contributed by atoms with Crippen LogP contribution in [0.1, 0.15) is 37.8 Å². The highest BCUT2D eigenvalue weighted by atomic mass is 127. The van der Waals surface area contributed by atoms with E-state index in [9.17, 15) is 8.42 Å². The standard InChI is InChI=1S/C20H35N5O2S.HI/c1-4-28(26,27)24(3)14-10-13-22-20(21-2)23-17-19(25-15-8-9-16-25)18-11-6-5-7-12-18;/h5-7,11-12,19H,4,8-10,13-17H2,1-3H3,(H2,21,22,23);1H. The van der Waals surface area contributed by atoms with Gasteiger partial charge in [0.25, 0.3) is 0 Å². The topological polar surface area (TPSA) is 77.0 Å². The van der Waals surface area contributed by atoms with Gasteiger partial charge in [-0.15, -0.1) is 24.0 Å². The molecule has 1 aromatic carbocycles. The molecule has 1 aliphatic heterocycles. The third-order valence-corrected chi connectivity index (χ3v) is 7.10. The molecule has 0 aliphatic carbocycles. The first-order valence-corrected chi connectivity index (χ1v) is 11.8. The molecule has 0 bridgehead atoms. The molecule has 0 amide bonds. The number of nitrogens with zero attached hydrogens (tertiary/aromatic N) is 3. The van der Waals surface area contributed by atoms with Crippen LogP contribution < -0.4 is 10.6 Å². The number of aliphatic imine (C=N–C) groups is 1. The lowest BCUT2D eigenvalue weighted by Gasteiger charge is -2.29. The van der Waals surface area contributed by atoms with Crippen molar-refractivity contribution in [1.29, 1.82) is 0 Å². The second-order valence-electron chi connectivity index (χ2n) is 7.13. The molecule has 166 valence electrons. The van der Waals surface area contributed by atoms with Crippen molar-refractivity contribution < 1.29 is 8.42 Å². The molecular formula is C20H36IN5O2S. The zero-order chi connectivity index (χ0) is 20.4. The Balaban J connectivity index is 0.00000420. The number of benzene rings is 1. The maximum atomic E-state index is 11.8. The summed E-state index contributed by atoms with van der Waals surface area (Å²) < 4.78 is 25.0. The van der Waals surface area contributed by atoms with Crippen LogP contribution in [0.15, 0.2) is 35.3 Å². The van der Waals surface area contributed by atoms with Gasteiger partial charge >= 0.3 is 0 Å². The molecule has 7 nitrogen and oxygen atoms in total. The quantitative estimate of drug-likeness (QED) is 0.207. The molecule has 0 aromatic heterocycles. The second-order valence-corrected chi connectivity index (χ2v) is 9.49. The van der Waals surface area contributed by atoms with Crippen LogP contribution in [-0.2, 0) is 10.0 Å². The molecule has 2 N–H and O–H groups in total. The molecule has 1 atom stereocenters. The first kappa shape index (κ1) is 26.1. The Hall–Kier alpha value is -0.910. The second kappa shape index (κ2) is 13.4. The molecule has 1 aromatic rings. The fourth-order valence-electron chi connectivity index (χ4n) is 3.47. The summed E-state index contributed by atoms with van der Waals surface area (Å²) in [7, 11) is 0.280. The zero-order valence-corrected chi connectivity index (χ0v) is 20.9. The van der Waals surface area contributed by atoms with Crippen LogP contribution in [0, 0.1) is 0 Å². The van der Waals surface area contributed by atoms with E-state index in [2.05, 4.69) is 44.8 Å². The number of nitrogens with one attached hydrogen (secondary N) is 2. The molecule has 0 radical (unpaired) electrons. The normalized spacial score (nSPS) is 16.5. The maximum absolute atomic E-state index is 11.8. The van der Waals surface area contributed by atoms with E-state index in [4.69, 9.17) is 0 Å². The van der Waals surface area contributed by atoms with Gasteiger partial charge in [0.05, 0.1) is 11.8 Å². The molecule has 1 aliphatic rings. The fourth-order valence-corrected chi connectivity index (χ4v) is 4.32. The van der Waals surface area contributed by atoms with Gasteiger partial charge in [0.15, 0.2) is 5.96 Å². The van der Waals surface area contributed by atoms with E-state index in [-0.39, 0.29) is 29.7 Å². The number of hydrogen-bond donors (Lipinski definition) is 2. The minimum atomic E-state index is -3.11. The van der Waals surface area contributed by atoms with E-state index in [1.165, 1.54) is 22.7 Å². The van der Waals surface area contributed by atoms with E-state index >= 15 is 0 Å². The van der Waals surface area contributed by atoms with Gasteiger partial charge in [-0.1, -0.05) is 30.3 Å². The maximum Gasteiger partial charge on any atom is 0.213 e. The number of guanidine groups is 1. The van der Waals surface area contributed by atoms with Crippen LogP contribution >= 0.6 is 24.0 Å².